The molecule has 0 spiro atoms. The van der Waals surface area contributed by atoms with Crippen LogP contribution in [-0.4, -0.2) is 64.2 Å². The van der Waals surface area contributed by atoms with E-state index in [1.807, 2.05) is 35.0 Å². The number of nitrogens with zero attached hydrogens (tertiary/aromatic N) is 5. The molecule has 1 aliphatic heterocycles. The number of fused-ring (bicyclic) bond motifs is 2. The standard InChI is InChI=1S/C25H24N6O3S/c26-10-4-12-30-18-19(20-5-1-2-7-22(20)30)8-9-24(32)29-13-15-31(16-14-29)35(33,34)23-17-28-25-21(23)6-3-11-27-25/h1-3,5-9,11,17-18H,4,12-16H2,(H,27,28)/b9-8+. The molecule has 1 saturated heterocycles. The van der Waals surface area contributed by atoms with Gasteiger partial charge in [-0.15, -0.1) is 0 Å². The van der Waals surface area contributed by atoms with Crippen molar-refractivity contribution in [2.75, 3.05) is 26.2 Å². The third-order valence-electron chi connectivity index (χ3n) is 6.27. The molecule has 0 aliphatic carbocycles. The fraction of sp³-hybridized carbons (Fsp3) is 0.240. The van der Waals surface area contributed by atoms with Crippen molar-refractivity contribution in [1.82, 2.24) is 23.7 Å². The third kappa shape index (κ3) is 4.32. The van der Waals surface area contributed by atoms with Crippen LogP contribution in [0.5, 0.6) is 0 Å². The Morgan fingerprint density at radius 2 is 1.89 bits per heavy atom. The highest BCUT2D eigenvalue weighted by atomic mass is 32.2. The Balaban J connectivity index is 1.27. The number of carbonyl (C=O) groups excluding carboxylic acids is 1. The highest BCUT2D eigenvalue weighted by Crippen LogP contribution is 2.26. The monoisotopic (exact) mass is 488 g/mol. The average Bonchev–Trinajstić information content (AvgIpc) is 3.48. The minimum atomic E-state index is -3.70. The number of para-hydroxylation sites is 1. The quantitative estimate of drug-likeness (QED) is 0.419. The molecule has 1 aromatic carbocycles. The van der Waals surface area contributed by atoms with Crippen LogP contribution in [0.15, 0.2) is 66.0 Å². The van der Waals surface area contributed by atoms with E-state index < -0.39 is 10.0 Å². The first-order chi connectivity index (χ1) is 17.0. The number of benzene rings is 1. The molecule has 4 heterocycles. The van der Waals surface area contributed by atoms with Crippen LogP contribution in [0.2, 0.25) is 0 Å². The number of piperazine rings is 1. The summed E-state index contributed by atoms with van der Waals surface area (Å²) in [7, 11) is -3.70. The Morgan fingerprint density at radius 1 is 1.11 bits per heavy atom. The van der Waals surface area contributed by atoms with Crippen molar-refractivity contribution in [3.8, 4) is 6.07 Å². The predicted octanol–water partition coefficient (Wildman–Crippen LogP) is 2.98. The second-order valence-corrected chi connectivity index (χ2v) is 10.2. The van der Waals surface area contributed by atoms with Crippen LogP contribution in [0.4, 0.5) is 0 Å². The smallest absolute Gasteiger partial charge is 0.246 e. The van der Waals surface area contributed by atoms with Crippen molar-refractivity contribution in [1.29, 1.82) is 5.26 Å². The molecule has 0 saturated carbocycles. The van der Waals surface area contributed by atoms with E-state index in [1.54, 1.807) is 29.3 Å². The van der Waals surface area contributed by atoms with Gasteiger partial charge in [-0.2, -0.15) is 9.57 Å². The van der Waals surface area contributed by atoms with Crippen LogP contribution in [0, 0.1) is 11.3 Å². The van der Waals surface area contributed by atoms with Gasteiger partial charge in [-0.1, -0.05) is 18.2 Å². The lowest BCUT2D eigenvalue weighted by atomic mass is 10.1. The molecule has 1 amide bonds. The van der Waals surface area contributed by atoms with Gasteiger partial charge in [0.15, 0.2) is 0 Å². The lowest BCUT2D eigenvalue weighted by Crippen LogP contribution is -2.50. The molecule has 1 fully saturated rings. The number of sulfonamides is 1. The lowest BCUT2D eigenvalue weighted by Gasteiger charge is -2.33. The maximum atomic E-state index is 13.2. The largest absolute Gasteiger partial charge is 0.346 e. The molecule has 5 rings (SSSR count). The number of aryl methyl sites for hydroxylation is 1. The van der Waals surface area contributed by atoms with Gasteiger partial charge in [0.25, 0.3) is 0 Å². The van der Waals surface area contributed by atoms with Crippen LogP contribution >= 0.6 is 0 Å². The first-order valence-corrected chi connectivity index (χ1v) is 12.8. The molecular formula is C25H24N6O3S. The number of pyridine rings is 1. The first kappa shape index (κ1) is 22.8. The summed E-state index contributed by atoms with van der Waals surface area (Å²) in [6.45, 7) is 1.66. The maximum Gasteiger partial charge on any atom is 0.246 e. The fourth-order valence-corrected chi connectivity index (χ4v) is 6.03. The SMILES string of the molecule is N#CCCn1cc(/C=C/C(=O)N2CCN(S(=O)(=O)c3c[nH]c4ncccc34)CC2)c2ccccc21. The molecule has 0 atom stereocenters. The molecule has 1 aliphatic rings. The normalized spacial score (nSPS) is 15.2. The Kier molecular flexibility index (Phi) is 6.11. The molecule has 9 nitrogen and oxygen atoms in total. The topological polar surface area (TPSA) is 115 Å². The minimum absolute atomic E-state index is 0.160. The van der Waals surface area contributed by atoms with Gasteiger partial charge in [0, 0.05) is 79.2 Å². The van der Waals surface area contributed by atoms with Gasteiger partial charge in [-0.05, 0) is 24.3 Å². The second kappa shape index (κ2) is 9.37. The summed E-state index contributed by atoms with van der Waals surface area (Å²) < 4.78 is 29.8. The van der Waals surface area contributed by atoms with E-state index in [0.717, 1.165) is 16.5 Å². The third-order valence-corrected chi connectivity index (χ3v) is 8.21. The molecule has 0 unspecified atom stereocenters. The molecule has 10 heteroatoms. The predicted molar refractivity (Wildman–Crippen MR) is 133 cm³/mol. The number of hydrogen-bond acceptors (Lipinski definition) is 5. The minimum Gasteiger partial charge on any atom is -0.346 e. The molecule has 4 aromatic rings. The first-order valence-electron chi connectivity index (χ1n) is 11.3. The van der Waals surface area contributed by atoms with Crippen molar-refractivity contribution in [3.05, 3.63) is 66.6 Å². The van der Waals surface area contributed by atoms with Crippen LogP contribution in [0.3, 0.4) is 0 Å². The number of aromatic nitrogens is 3. The van der Waals surface area contributed by atoms with Crippen LogP contribution in [0.25, 0.3) is 28.0 Å². The second-order valence-electron chi connectivity index (χ2n) is 8.32. The fourth-order valence-electron chi connectivity index (χ4n) is 4.46. The summed E-state index contributed by atoms with van der Waals surface area (Å²) in [6, 6.07) is 13.5. The van der Waals surface area contributed by atoms with Crippen LogP contribution in [-0.2, 0) is 21.4 Å². The highest BCUT2D eigenvalue weighted by Gasteiger charge is 2.31. The number of nitriles is 1. The van der Waals surface area contributed by atoms with E-state index in [-0.39, 0.29) is 23.9 Å². The molecule has 0 bridgehead atoms. The highest BCUT2D eigenvalue weighted by molar-refractivity contribution is 7.89. The Labute approximate surface area is 202 Å². The van der Waals surface area contributed by atoms with Crippen LogP contribution in [0.1, 0.15) is 12.0 Å². The zero-order valence-corrected chi connectivity index (χ0v) is 19.8. The van der Waals surface area contributed by atoms with E-state index in [9.17, 15) is 13.2 Å². The number of nitrogens with one attached hydrogen (secondary N) is 1. The van der Waals surface area contributed by atoms with Crippen molar-refractivity contribution in [2.45, 2.75) is 17.9 Å². The lowest BCUT2D eigenvalue weighted by molar-refractivity contribution is -0.127. The number of carbonyl (C=O) groups is 1. The summed E-state index contributed by atoms with van der Waals surface area (Å²) in [5, 5.41) is 10.5. The Hall–Kier alpha value is -3.94. The van der Waals surface area contributed by atoms with Crippen molar-refractivity contribution < 1.29 is 13.2 Å². The van der Waals surface area contributed by atoms with Crippen molar-refractivity contribution in [2.24, 2.45) is 0 Å². The molecule has 1 N–H and O–H groups in total. The maximum absolute atomic E-state index is 13.2. The van der Waals surface area contributed by atoms with Crippen molar-refractivity contribution in [3.63, 3.8) is 0 Å². The molecule has 3 aromatic heterocycles. The van der Waals surface area contributed by atoms with Gasteiger partial charge >= 0.3 is 0 Å². The van der Waals surface area contributed by atoms with E-state index >= 15 is 0 Å². The van der Waals surface area contributed by atoms with Crippen LogP contribution < -0.4 is 0 Å². The number of aromatic amines is 1. The summed E-state index contributed by atoms with van der Waals surface area (Å²) in [4.78, 5) is 21.8. The summed E-state index contributed by atoms with van der Waals surface area (Å²) in [5.41, 5.74) is 2.45. The number of rotatable bonds is 6. The van der Waals surface area contributed by atoms with E-state index in [2.05, 4.69) is 16.0 Å². The molecule has 35 heavy (non-hydrogen) atoms. The van der Waals surface area contributed by atoms with Gasteiger partial charge in [0.2, 0.25) is 15.9 Å². The van der Waals surface area contributed by atoms with Gasteiger partial charge in [-0.25, -0.2) is 13.4 Å². The summed E-state index contributed by atoms with van der Waals surface area (Å²) in [6.07, 6.45) is 8.76. The number of amides is 1. The van der Waals surface area contributed by atoms with Crippen molar-refractivity contribution >= 4 is 43.9 Å². The number of hydrogen-bond donors (Lipinski definition) is 1. The van der Waals surface area contributed by atoms with Gasteiger partial charge in [0.05, 0.1) is 12.5 Å². The zero-order valence-electron chi connectivity index (χ0n) is 19.0. The number of H-pyrrole nitrogens is 1. The molecule has 0 radical (unpaired) electrons. The molecule has 178 valence electrons. The van der Waals surface area contributed by atoms with E-state index in [1.165, 1.54) is 16.6 Å². The average molecular weight is 489 g/mol. The van der Waals surface area contributed by atoms with Gasteiger partial charge in [0.1, 0.15) is 10.5 Å². The van der Waals surface area contributed by atoms with Gasteiger partial charge in [-0.3, -0.25) is 4.79 Å². The van der Waals surface area contributed by atoms with E-state index in [0.29, 0.717) is 37.1 Å². The summed E-state index contributed by atoms with van der Waals surface area (Å²) >= 11 is 0. The summed E-state index contributed by atoms with van der Waals surface area (Å²) in [5.74, 6) is -0.160. The molecular weight excluding hydrogens is 464 g/mol. The Bertz CT molecular complexity index is 1570. The Morgan fingerprint density at radius 3 is 2.69 bits per heavy atom. The van der Waals surface area contributed by atoms with Gasteiger partial charge < -0.3 is 14.5 Å². The van der Waals surface area contributed by atoms with E-state index in [4.69, 9.17) is 5.26 Å². The zero-order chi connectivity index (χ0) is 24.4.